The lowest BCUT2D eigenvalue weighted by Crippen LogP contribution is -1.98. The van der Waals surface area contributed by atoms with Gasteiger partial charge in [-0.3, -0.25) is 0 Å². The molecule has 5 heteroatoms. The molecule has 2 aromatic heterocycles. The van der Waals surface area contributed by atoms with Gasteiger partial charge >= 0.3 is 11.6 Å². The maximum atomic E-state index is 11.7. The maximum Gasteiger partial charge on any atom is 0.336 e. The van der Waals surface area contributed by atoms with Gasteiger partial charge in [0.1, 0.15) is 16.9 Å². The van der Waals surface area contributed by atoms with E-state index in [9.17, 15) is 9.59 Å². The molecule has 0 spiro atoms. The fourth-order valence-electron chi connectivity index (χ4n) is 2.74. The Kier molecular flexibility index (Phi) is 3.78. The van der Waals surface area contributed by atoms with Gasteiger partial charge in [0.2, 0.25) is 0 Å². The maximum absolute atomic E-state index is 11.7. The predicted octanol–water partition coefficient (Wildman–Crippen LogP) is 3.60. The van der Waals surface area contributed by atoms with Crippen molar-refractivity contribution in [2.45, 2.75) is 20.3 Å². The largest absolute Gasteiger partial charge is 0.466 e. The van der Waals surface area contributed by atoms with Crippen LogP contribution in [0.2, 0.25) is 0 Å². The van der Waals surface area contributed by atoms with Gasteiger partial charge in [-0.2, -0.15) is 0 Å². The highest BCUT2D eigenvalue weighted by Crippen LogP contribution is 2.34. The first-order valence-corrected chi connectivity index (χ1v) is 7.30. The van der Waals surface area contributed by atoms with Crippen molar-refractivity contribution in [3.63, 3.8) is 0 Å². The van der Waals surface area contributed by atoms with Crippen molar-refractivity contribution < 1.29 is 18.4 Å². The Labute approximate surface area is 132 Å². The van der Waals surface area contributed by atoms with Crippen LogP contribution in [0.5, 0.6) is 0 Å². The topological polar surface area (TPSA) is 69.7 Å². The zero-order valence-corrected chi connectivity index (χ0v) is 13.1. The molecule has 0 saturated heterocycles. The van der Waals surface area contributed by atoms with E-state index >= 15 is 0 Å². The highest BCUT2D eigenvalue weighted by atomic mass is 16.5. The van der Waals surface area contributed by atoms with E-state index in [1.54, 1.807) is 6.08 Å². The number of carbonyl (C=O) groups is 1. The molecule has 0 atom stereocenters. The van der Waals surface area contributed by atoms with E-state index in [1.807, 2.05) is 26.0 Å². The lowest BCUT2D eigenvalue weighted by atomic mass is 10.0. The number of benzene rings is 1. The first-order valence-electron chi connectivity index (χ1n) is 7.30. The summed E-state index contributed by atoms with van der Waals surface area (Å²) in [5, 5.41) is 1.64. The molecule has 0 aliphatic heterocycles. The van der Waals surface area contributed by atoms with E-state index in [-0.39, 0.29) is 0 Å². The van der Waals surface area contributed by atoms with E-state index in [0.717, 1.165) is 21.9 Å². The molecule has 0 aliphatic carbocycles. The zero-order chi connectivity index (χ0) is 16.6. The molecule has 1 aromatic carbocycles. The van der Waals surface area contributed by atoms with E-state index in [4.69, 9.17) is 8.83 Å². The van der Waals surface area contributed by atoms with Gasteiger partial charge in [0.15, 0.2) is 0 Å². The fraction of sp³-hybridized carbons (Fsp3) is 0.222. The summed E-state index contributed by atoms with van der Waals surface area (Å²) in [6.07, 6.45) is 3.55. The van der Waals surface area contributed by atoms with E-state index in [2.05, 4.69) is 4.74 Å². The summed E-state index contributed by atoms with van der Waals surface area (Å²) >= 11 is 0. The number of hydrogen-bond donors (Lipinski definition) is 0. The molecule has 0 N–H and O–H groups in total. The van der Waals surface area contributed by atoms with Crippen molar-refractivity contribution in [1.29, 1.82) is 0 Å². The minimum absolute atomic E-state index is 0.391. The average molecular weight is 312 g/mol. The standard InChI is InChI=1S/C18H16O5/c1-4-11-13(7-8-15(19)21-3)22-14-6-5-12-10(2)9-16(20)23-18(12)17(11)14/h5-9H,4H2,1-3H3/b8-7+. The van der Waals surface area contributed by atoms with Crippen LogP contribution in [0.25, 0.3) is 28.0 Å². The quantitative estimate of drug-likeness (QED) is 0.420. The Morgan fingerprint density at radius 3 is 2.78 bits per heavy atom. The van der Waals surface area contributed by atoms with Gasteiger partial charge in [-0.25, -0.2) is 9.59 Å². The summed E-state index contributed by atoms with van der Waals surface area (Å²) in [4.78, 5) is 23.0. The number of esters is 1. The third kappa shape index (κ3) is 2.54. The van der Waals surface area contributed by atoms with Crippen molar-refractivity contribution in [2.24, 2.45) is 0 Å². The third-order valence-corrected chi connectivity index (χ3v) is 3.83. The second kappa shape index (κ2) is 5.76. The van der Waals surface area contributed by atoms with Gasteiger partial charge in [0.05, 0.1) is 12.5 Å². The normalized spacial score (nSPS) is 11.6. The Bertz CT molecular complexity index is 988. The SMILES string of the molecule is CCc1c(/C=C/C(=O)OC)oc2ccc3c(C)cc(=O)oc3c12. The van der Waals surface area contributed by atoms with Crippen LogP contribution in [0.15, 0.2) is 37.9 Å². The minimum Gasteiger partial charge on any atom is -0.466 e. The van der Waals surface area contributed by atoms with Crippen molar-refractivity contribution in [2.75, 3.05) is 7.11 Å². The molecular formula is C18H16O5. The number of carbonyl (C=O) groups excluding carboxylic acids is 1. The highest BCUT2D eigenvalue weighted by Gasteiger charge is 2.17. The summed E-state index contributed by atoms with van der Waals surface area (Å²) < 4.78 is 15.8. The molecule has 2 heterocycles. The molecule has 0 bridgehead atoms. The van der Waals surface area contributed by atoms with E-state index < -0.39 is 11.6 Å². The first kappa shape index (κ1) is 15.1. The molecule has 0 unspecified atom stereocenters. The van der Waals surface area contributed by atoms with Gasteiger partial charge in [-0.05, 0) is 37.1 Å². The summed E-state index contributed by atoms with van der Waals surface area (Å²) in [5.74, 6) is 0.101. The lowest BCUT2D eigenvalue weighted by molar-refractivity contribution is -0.134. The molecule has 0 saturated carbocycles. The summed E-state index contributed by atoms with van der Waals surface area (Å²) in [6, 6.07) is 5.18. The van der Waals surface area contributed by atoms with Crippen LogP contribution in [0.4, 0.5) is 0 Å². The smallest absolute Gasteiger partial charge is 0.336 e. The summed E-state index contributed by atoms with van der Waals surface area (Å²) in [6.45, 7) is 3.85. The molecule has 3 rings (SSSR count). The average Bonchev–Trinajstić information content (AvgIpc) is 2.90. The highest BCUT2D eigenvalue weighted by molar-refractivity contribution is 6.06. The van der Waals surface area contributed by atoms with Gasteiger partial charge in [0, 0.05) is 23.1 Å². The molecule has 3 aromatic rings. The van der Waals surface area contributed by atoms with Gasteiger partial charge in [-0.15, -0.1) is 0 Å². The number of rotatable bonds is 3. The van der Waals surface area contributed by atoms with Crippen LogP contribution < -0.4 is 5.63 Å². The second-order valence-corrected chi connectivity index (χ2v) is 5.22. The first-order chi connectivity index (χ1) is 11.0. The molecule has 0 fully saturated rings. The van der Waals surface area contributed by atoms with Gasteiger partial charge < -0.3 is 13.6 Å². The molecule has 0 aliphatic rings. The van der Waals surface area contributed by atoms with Crippen molar-refractivity contribution in [1.82, 2.24) is 0 Å². The molecule has 0 amide bonds. The zero-order valence-electron chi connectivity index (χ0n) is 13.1. The van der Waals surface area contributed by atoms with Gasteiger partial charge in [-0.1, -0.05) is 6.92 Å². The molecular weight excluding hydrogens is 296 g/mol. The number of fused-ring (bicyclic) bond motifs is 3. The van der Waals surface area contributed by atoms with Gasteiger partial charge in [0.25, 0.3) is 0 Å². The van der Waals surface area contributed by atoms with Crippen molar-refractivity contribution >= 4 is 34.0 Å². The predicted molar refractivity (Wildman–Crippen MR) is 87.4 cm³/mol. The molecule has 5 nitrogen and oxygen atoms in total. The van der Waals surface area contributed by atoms with Crippen LogP contribution in [0, 0.1) is 6.92 Å². The minimum atomic E-state index is -0.459. The van der Waals surface area contributed by atoms with Crippen LogP contribution in [-0.4, -0.2) is 13.1 Å². The number of methoxy groups -OCH3 is 1. The Morgan fingerprint density at radius 2 is 2.09 bits per heavy atom. The molecule has 23 heavy (non-hydrogen) atoms. The van der Waals surface area contributed by atoms with E-state index in [0.29, 0.717) is 23.3 Å². The number of aryl methyl sites for hydroxylation is 2. The second-order valence-electron chi connectivity index (χ2n) is 5.22. The molecule has 0 radical (unpaired) electrons. The Hall–Kier alpha value is -2.82. The summed E-state index contributed by atoms with van der Waals surface area (Å²) in [5.41, 5.74) is 2.49. The monoisotopic (exact) mass is 312 g/mol. The number of hydrogen-bond acceptors (Lipinski definition) is 5. The summed E-state index contributed by atoms with van der Waals surface area (Å²) in [7, 11) is 1.32. The van der Waals surface area contributed by atoms with Crippen LogP contribution in [-0.2, 0) is 16.0 Å². The van der Waals surface area contributed by atoms with Crippen LogP contribution in [0.3, 0.4) is 0 Å². The lowest BCUT2D eigenvalue weighted by Gasteiger charge is -2.02. The van der Waals surface area contributed by atoms with E-state index in [1.165, 1.54) is 19.3 Å². The van der Waals surface area contributed by atoms with Crippen molar-refractivity contribution in [3.05, 3.63) is 51.6 Å². The Morgan fingerprint density at radius 1 is 1.30 bits per heavy atom. The number of ether oxygens (including phenoxy) is 1. The third-order valence-electron chi connectivity index (χ3n) is 3.83. The number of furan rings is 1. The molecule has 118 valence electrons. The van der Waals surface area contributed by atoms with Crippen LogP contribution in [0.1, 0.15) is 23.8 Å². The van der Waals surface area contributed by atoms with Crippen LogP contribution >= 0.6 is 0 Å². The Balaban J connectivity index is 2.34. The fourth-order valence-corrected chi connectivity index (χ4v) is 2.74. The van der Waals surface area contributed by atoms with Crippen molar-refractivity contribution in [3.8, 4) is 0 Å².